The van der Waals surface area contributed by atoms with Crippen LogP contribution in [0.3, 0.4) is 0 Å². The van der Waals surface area contributed by atoms with E-state index in [2.05, 4.69) is 4.98 Å². The second-order valence-electron chi connectivity index (χ2n) is 3.79. The molecule has 0 unspecified atom stereocenters. The van der Waals surface area contributed by atoms with Crippen molar-refractivity contribution >= 4 is 0 Å². The fourth-order valence-electron chi connectivity index (χ4n) is 2.10. The zero-order valence-corrected chi connectivity index (χ0v) is 8.36. The maximum Gasteiger partial charge on any atom is 0.143 e. The first-order valence-corrected chi connectivity index (χ1v) is 4.98. The SMILES string of the molecule is COc1cccnc1C1(O)CCCC1. The Bertz CT molecular complexity index is 319. The van der Waals surface area contributed by atoms with Gasteiger partial charge in [-0.2, -0.15) is 0 Å². The van der Waals surface area contributed by atoms with Gasteiger partial charge in [0.15, 0.2) is 0 Å². The van der Waals surface area contributed by atoms with Gasteiger partial charge in [0.1, 0.15) is 17.0 Å². The number of ether oxygens (including phenoxy) is 1. The lowest BCUT2D eigenvalue weighted by Gasteiger charge is -2.23. The number of rotatable bonds is 2. The van der Waals surface area contributed by atoms with Crippen LogP contribution in [-0.4, -0.2) is 17.2 Å². The van der Waals surface area contributed by atoms with Gasteiger partial charge in [0.2, 0.25) is 0 Å². The summed E-state index contributed by atoms with van der Waals surface area (Å²) in [7, 11) is 1.61. The summed E-state index contributed by atoms with van der Waals surface area (Å²) in [5, 5.41) is 10.3. The van der Waals surface area contributed by atoms with Gasteiger partial charge in [-0.1, -0.05) is 12.8 Å². The van der Waals surface area contributed by atoms with Crippen molar-refractivity contribution < 1.29 is 9.84 Å². The normalized spacial score (nSPS) is 19.6. The van der Waals surface area contributed by atoms with E-state index in [1.807, 2.05) is 12.1 Å². The maximum atomic E-state index is 10.3. The average Bonchev–Trinajstić information content (AvgIpc) is 2.66. The van der Waals surface area contributed by atoms with Crippen molar-refractivity contribution in [2.24, 2.45) is 0 Å². The van der Waals surface area contributed by atoms with Crippen molar-refractivity contribution in [2.45, 2.75) is 31.3 Å². The van der Waals surface area contributed by atoms with E-state index in [-0.39, 0.29) is 0 Å². The summed E-state index contributed by atoms with van der Waals surface area (Å²) in [6.07, 6.45) is 5.42. The molecule has 0 radical (unpaired) electrons. The molecule has 1 fully saturated rings. The first-order chi connectivity index (χ1) is 6.76. The minimum atomic E-state index is -0.757. The molecule has 3 heteroatoms. The van der Waals surface area contributed by atoms with Gasteiger partial charge in [0.05, 0.1) is 7.11 Å². The molecule has 1 N–H and O–H groups in total. The van der Waals surface area contributed by atoms with Gasteiger partial charge >= 0.3 is 0 Å². The van der Waals surface area contributed by atoms with E-state index in [0.717, 1.165) is 25.7 Å². The first kappa shape index (κ1) is 9.46. The van der Waals surface area contributed by atoms with E-state index in [1.165, 1.54) is 0 Å². The predicted octanol–water partition coefficient (Wildman–Crippen LogP) is 1.85. The summed E-state index contributed by atoms with van der Waals surface area (Å²) in [5.41, 5.74) is -0.0629. The van der Waals surface area contributed by atoms with Gasteiger partial charge in [0.25, 0.3) is 0 Å². The number of hydrogen-bond acceptors (Lipinski definition) is 3. The van der Waals surface area contributed by atoms with Crippen molar-refractivity contribution in [1.82, 2.24) is 4.98 Å². The van der Waals surface area contributed by atoms with Crippen molar-refractivity contribution in [1.29, 1.82) is 0 Å². The first-order valence-electron chi connectivity index (χ1n) is 4.98. The van der Waals surface area contributed by atoms with Crippen LogP contribution in [0, 0.1) is 0 Å². The minimum absolute atomic E-state index is 0.692. The third-order valence-electron chi connectivity index (χ3n) is 2.86. The number of hydrogen-bond donors (Lipinski definition) is 1. The molecule has 1 aromatic rings. The molecule has 0 aliphatic heterocycles. The quantitative estimate of drug-likeness (QED) is 0.779. The largest absolute Gasteiger partial charge is 0.495 e. The molecular formula is C11H15NO2. The molecule has 0 spiro atoms. The van der Waals surface area contributed by atoms with E-state index in [9.17, 15) is 5.11 Å². The van der Waals surface area contributed by atoms with Crippen molar-refractivity contribution in [3.05, 3.63) is 24.0 Å². The minimum Gasteiger partial charge on any atom is -0.495 e. The van der Waals surface area contributed by atoms with Crippen LogP contribution in [0.25, 0.3) is 0 Å². The van der Waals surface area contributed by atoms with Gasteiger partial charge in [-0.05, 0) is 25.0 Å². The number of aromatic nitrogens is 1. The van der Waals surface area contributed by atoms with Crippen LogP contribution < -0.4 is 4.74 Å². The molecule has 76 valence electrons. The summed E-state index contributed by atoms with van der Waals surface area (Å²) < 4.78 is 5.20. The Morgan fingerprint density at radius 2 is 2.14 bits per heavy atom. The Balaban J connectivity index is 2.39. The summed E-state index contributed by atoms with van der Waals surface area (Å²) in [4.78, 5) is 4.23. The summed E-state index contributed by atoms with van der Waals surface area (Å²) >= 11 is 0. The molecule has 0 aromatic carbocycles. The van der Waals surface area contributed by atoms with Crippen LogP contribution in [0.5, 0.6) is 5.75 Å². The molecule has 1 aromatic heterocycles. The number of aliphatic hydroxyl groups is 1. The summed E-state index contributed by atoms with van der Waals surface area (Å²) in [6.45, 7) is 0. The lowest BCUT2D eigenvalue weighted by molar-refractivity contribution is 0.0372. The van der Waals surface area contributed by atoms with Gasteiger partial charge in [-0.15, -0.1) is 0 Å². The van der Waals surface area contributed by atoms with E-state index in [1.54, 1.807) is 13.3 Å². The van der Waals surface area contributed by atoms with Crippen LogP contribution in [0.2, 0.25) is 0 Å². The van der Waals surface area contributed by atoms with Gasteiger partial charge in [-0.3, -0.25) is 4.98 Å². The number of pyridine rings is 1. The third-order valence-corrected chi connectivity index (χ3v) is 2.86. The van der Waals surface area contributed by atoms with Crippen LogP contribution in [0.4, 0.5) is 0 Å². The van der Waals surface area contributed by atoms with Gasteiger partial charge in [0, 0.05) is 6.20 Å². The van der Waals surface area contributed by atoms with Gasteiger partial charge < -0.3 is 9.84 Å². The molecule has 0 bridgehead atoms. The topological polar surface area (TPSA) is 42.4 Å². The molecule has 0 amide bonds. The Morgan fingerprint density at radius 1 is 1.43 bits per heavy atom. The highest BCUT2D eigenvalue weighted by atomic mass is 16.5. The highest BCUT2D eigenvalue weighted by Crippen LogP contribution is 2.40. The lowest BCUT2D eigenvalue weighted by atomic mass is 9.96. The zero-order valence-electron chi connectivity index (χ0n) is 8.36. The predicted molar refractivity (Wildman–Crippen MR) is 53.2 cm³/mol. The summed E-state index contributed by atoms with van der Waals surface area (Å²) in [5.74, 6) is 0.692. The van der Waals surface area contributed by atoms with Crippen molar-refractivity contribution in [3.8, 4) is 5.75 Å². The molecule has 2 rings (SSSR count). The molecule has 3 nitrogen and oxygen atoms in total. The van der Waals surface area contributed by atoms with Crippen LogP contribution in [-0.2, 0) is 5.60 Å². The fourth-order valence-corrected chi connectivity index (χ4v) is 2.10. The van der Waals surface area contributed by atoms with E-state index < -0.39 is 5.60 Å². The molecule has 1 aliphatic rings. The molecule has 0 saturated heterocycles. The molecule has 0 atom stereocenters. The smallest absolute Gasteiger partial charge is 0.143 e. The monoisotopic (exact) mass is 193 g/mol. The number of nitrogens with zero attached hydrogens (tertiary/aromatic N) is 1. The standard InChI is InChI=1S/C11H15NO2/c1-14-9-5-4-8-12-10(9)11(13)6-2-3-7-11/h4-5,8,13H,2-3,6-7H2,1H3. The number of methoxy groups -OCH3 is 1. The molecular weight excluding hydrogens is 178 g/mol. The Kier molecular flexibility index (Phi) is 2.42. The van der Waals surface area contributed by atoms with E-state index in [4.69, 9.17) is 4.74 Å². The van der Waals surface area contributed by atoms with Crippen molar-refractivity contribution in [2.75, 3.05) is 7.11 Å². The van der Waals surface area contributed by atoms with Crippen LogP contribution in [0.15, 0.2) is 18.3 Å². The Hall–Kier alpha value is -1.09. The van der Waals surface area contributed by atoms with Crippen LogP contribution in [0.1, 0.15) is 31.4 Å². The summed E-state index contributed by atoms with van der Waals surface area (Å²) in [6, 6.07) is 3.67. The Labute approximate surface area is 83.7 Å². The van der Waals surface area contributed by atoms with Crippen LogP contribution >= 0.6 is 0 Å². The fraction of sp³-hybridized carbons (Fsp3) is 0.545. The molecule has 1 heterocycles. The second kappa shape index (κ2) is 3.58. The highest BCUT2D eigenvalue weighted by Gasteiger charge is 2.36. The molecule has 1 aliphatic carbocycles. The van der Waals surface area contributed by atoms with E-state index >= 15 is 0 Å². The Morgan fingerprint density at radius 3 is 2.79 bits per heavy atom. The van der Waals surface area contributed by atoms with Gasteiger partial charge in [-0.25, -0.2) is 0 Å². The highest BCUT2D eigenvalue weighted by molar-refractivity contribution is 5.32. The van der Waals surface area contributed by atoms with E-state index in [0.29, 0.717) is 11.4 Å². The lowest BCUT2D eigenvalue weighted by Crippen LogP contribution is -2.23. The molecule has 1 saturated carbocycles. The van der Waals surface area contributed by atoms with Crippen molar-refractivity contribution in [3.63, 3.8) is 0 Å². The molecule has 14 heavy (non-hydrogen) atoms. The third kappa shape index (κ3) is 1.48. The average molecular weight is 193 g/mol. The second-order valence-corrected chi connectivity index (χ2v) is 3.79. The zero-order chi connectivity index (χ0) is 10.0. The maximum absolute atomic E-state index is 10.3.